The average molecular weight is 357 g/mol. The predicted octanol–water partition coefficient (Wildman–Crippen LogP) is 1.47. The lowest BCUT2D eigenvalue weighted by molar-refractivity contribution is 0.0541. The first-order valence-electron chi connectivity index (χ1n) is 8.45. The van der Waals surface area contributed by atoms with Crippen molar-refractivity contribution in [1.82, 2.24) is 15.2 Å². The lowest BCUT2D eigenvalue weighted by Crippen LogP contribution is -2.55. The monoisotopic (exact) mass is 357 g/mol. The zero-order valence-corrected chi connectivity index (χ0v) is 14.1. The summed E-state index contributed by atoms with van der Waals surface area (Å²) in [5, 5.41) is 12.5. The van der Waals surface area contributed by atoms with Crippen molar-refractivity contribution < 1.29 is 19.1 Å². The van der Waals surface area contributed by atoms with Crippen molar-refractivity contribution in [2.45, 2.75) is 12.5 Å². The van der Waals surface area contributed by atoms with Crippen molar-refractivity contribution in [3.63, 3.8) is 0 Å². The second-order valence-corrected chi connectivity index (χ2v) is 6.31. The number of likely N-dealkylation sites (tertiary alicyclic amines) is 1. The molecule has 136 valence electrons. The largest absolute Gasteiger partial charge is 0.396 e. The van der Waals surface area contributed by atoms with Gasteiger partial charge in [-0.25, -0.2) is 4.39 Å². The van der Waals surface area contributed by atoms with Gasteiger partial charge in [0.1, 0.15) is 5.82 Å². The van der Waals surface area contributed by atoms with Gasteiger partial charge in [0.25, 0.3) is 11.8 Å². The zero-order chi connectivity index (χ0) is 18.5. The fourth-order valence-electron chi connectivity index (χ4n) is 3.09. The molecule has 1 aliphatic heterocycles. The highest BCUT2D eigenvalue weighted by Gasteiger charge is 2.32. The summed E-state index contributed by atoms with van der Waals surface area (Å²) in [5.74, 6) is -1.05. The Morgan fingerprint density at radius 3 is 2.65 bits per heavy atom. The number of rotatable bonds is 4. The van der Waals surface area contributed by atoms with Crippen LogP contribution in [0.5, 0.6) is 0 Å². The van der Waals surface area contributed by atoms with Crippen LogP contribution >= 0.6 is 0 Å². The zero-order valence-electron chi connectivity index (χ0n) is 14.1. The van der Waals surface area contributed by atoms with Gasteiger partial charge in [0.05, 0.1) is 11.6 Å². The van der Waals surface area contributed by atoms with Crippen molar-refractivity contribution >= 4 is 11.8 Å². The molecule has 0 bridgehead atoms. The third-order valence-corrected chi connectivity index (χ3v) is 4.61. The lowest BCUT2D eigenvalue weighted by Gasteiger charge is -2.38. The number of aromatic nitrogens is 1. The summed E-state index contributed by atoms with van der Waals surface area (Å²) < 4.78 is 13.1. The van der Waals surface area contributed by atoms with Crippen LogP contribution in [-0.2, 0) is 0 Å². The van der Waals surface area contributed by atoms with Gasteiger partial charge in [-0.15, -0.1) is 0 Å². The maximum atomic E-state index is 13.1. The van der Waals surface area contributed by atoms with Crippen molar-refractivity contribution in [3.05, 3.63) is 65.7 Å². The molecule has 0 radical (unpaired) electrons. The molecule has 2 atom stereocenters. The van der Waals surface area contributed by atoms with Gasteiger partial charge in [-0.3, -0.25) is 14.6 Å². The number of aliphatic hydroxyl groups is 1. The van der Waals surface area contributed by atoms with E-state index in [4.69, 9.17) is 0 Å². The van der Waals surface area contributed by atoms with E-state index in [1.165, 1.54) is 30.5 Å². The number of nitrogens with zero attached hydrogens (tertiary/aromatic N) is 2. The van der Waals surface area contributed by atoms with Gasteiger partial charge < -0.3 is 15.3 Å². The molecule has 2 heterocycles. The Balaban J connectivity index is 1.71. The highest BCUT2D eigenvalue weighted by molar-refractivity contribution is 5.95. The van der Waals surface area contributed by atoms with Crippen LogP contribution in [-0.4, -0.2) is 52.5 Å². The normalized spacial score (nSPS) is 19.8. The number of halogens is 1. The predicted molar refractivity (Wildman–Crippen MR) is 93.0 cm³/mol. The molecule has 1 aliphatic rings. The molecule has 0 saturated carbocycles. The molecule has 1 saturated heterocycles. The van der Waals surface area contributed by atoms with E-state index < -0.39 is 5.82 Å². The van der Waals surface area contributed by atoms with E-state index in [1.54, 1.807) is 23.2 Å². The van der Waals surface area contributed by atoms with E-state index in [-0.39, 0.29) is 36.9 Å². The van der Waals surface area contributed by atoms with Crippen LogP contribution in [0.4, 0.5) is 4.39 Å². The summed E-state index contributed by atoms with van der Waals surface area (Å²) in [6.07, 6.45) is 3.62. The van der Waals surface area contributed by atoms with Crippen molar-refractivity contribution in [2.75, 3.05) is 19.7 Å². The Bertz CT molecular complexity index is 767. The first kappa shape index (κ1) is 18.0. The van der Waals surface area contributed by atoms with Gasteiger partial charge >= 0.3 is 0 Å². The van der Waals surface area contributed by atoms with Crippen LogP contribution in [0.1, 0.15) is 27.1 Å². The highest BCUT2D eigenvalue weighted by Crippen LogP contribution is 2.20. The summed E-state index contributed by atoms with van der Waals surface area (Å²) in [5.41, 5.74) is 0.817. The number of piperidine rings is 1. The van der Waals surface area contributed by atoms with Crippen LogP contribution in [0.2, 0.25) is 0 Å². The maximum absolute atomic E-state index is 13.1. The maximum Gasteiger partial charge on any atom is 0.253 e. The Hall–Kier alpha value is -2.80. The van der Waals surface area contributed by atoms with Gasteiger partial charge in [-0.1, -0.05) is 0 Å². The van der Waals surface area contributed by atoms with Gasteiger partial charge in [-0.05, 0) is 42.8 Å². The van der Waals surface area contributed by atoms with Crippen molar-refractivity contribution in [3.8, 4) is 0 Å². The molecule has 1 aromatic carbocycles. The van der Waals surface area contributed by atoms with Crippen LogP contribution in [0.3, 0.4) is 0 Å². The van der Waals surface area contributed by atoms with E-state index in [1.807, 2.05) is 0 Å². The molecule has 2 aromatic rings. The quantitative estimate of drug-likeness (QED) is 0.868. The fraction of sp³-hybridized carbons (Fsp3) is 0.316. The third-order valence-electron chi connectivity index (χ3n) is 4.61. The number of carbonyl (C=O) groups excluding carboxylic acids is 2. The van der Waals surface area contributed by atoms with Crippen molar-refractivity contribution in [2.24, 2.45) is 5.92 Å². The number of amides is 2. The molecule has 6 nitrogen and oxygen atoms in total. The number of pyridine rings is 1. The third kappa shape index (κ3) is 4.05. The molecule has 0 unspecified atom stereocenters. The molecule has 2 N–H and O–H groups in total. The standard InChI is InChI=1S/C19H20FN3O3/c20-16-5-3-13(4-6-16)19(26)23-9-7-15(12-24)17(11-23)22-18(25)14-2-1-8-21-10-14/h1-6,8,10,15,17,24H,7,9,11-12H2,(H,22,25)/t15-,17-/m1/s1. The van der Waals surface area contributed by atoms with E-state index in [0.29, 0.717) is 24.1 Å². The van der Waals surface area contributed by atoms with Gasteiger partial charge in [0.15, 0.2) is 0 Å². The Morgan fingerprint density at radius 1 is 1.23 bits per heavy atom. The second-order valence-electron chi connectivity index (χ2n) is 6.31. The van der Waals surface area contributed by atoms with Crippen LogP contribution < -0.4 is 5.32 Å². The number of hydrogen-bond donors (Lipinski definition) is 2. The molecule has 3 rings (SSSR count). The number of aliphatic hydroxyl groups excluding tert-OH is 1. The minimum absolute atomic E-state index is 0.0729. The Morgan fingerprint density at radius 2 is 2.00 bits per heavy atom. The fourth-order valence-corrected chi connectivity index (χ4v) is 3.09. The van der Waals surface area contributed by atoms with Gasteiger partial charge in [0.2, 0.25) is 0 Å². The second kappa shape index (κ2) is 8.05. The summed E-state index contributed by atoms with van der Waals surface area (Å²) >= 11 is 0. The molecule has 0 spiro atoms. The average Bonchev–Trinajstić information content (AvgIpc) is 2.68. The lowest BCUT2D eigenvalue weighted by atomic mass is 9.91. The number of nitrogens with one attached hydrogen (secondary N) is 1. The molecular weight excluding hydrogens is 337 g/mol. The van der Waals surface area contributed by atoms with E-state index in [0.717, 1.165) is 0 Å². The van der Waals surface area contributed by atoms with E-state index in [9.17, 15) is 19.1 Å². The first-order chi connectivity index (χ1) is 12.6. The van der Waals surface area contributed by atoms with Crippen molar-refractivity contribution in [1.29, 1.82) is 0 Å². The number of benzene rings is 1. The van der Waals surface area contributed by atoms with E-state index in [2.05, 4.69) is 10.3 Å². The number of carbonyl (C=O) groups is 2. The van der Waals surface area contributed by atoms with E-state index >= 15 is 0 Å². The molecule has 0 aliphatic carbocycles. The molecular formula is C19H20FN3O3. The summed E-state index contributed by atoms with van der Waals surface area (Å²) in [4.78, 5) is 30.5. The summed E-state index contributed by atoms with van der Waals surface area (Å²) in [6, 6.07) is 8.33. The molecule has 1 fully saturated rings. The highest BCUT2D eigenvalue weighted by atomic mass is 19.1. The SMILES string of the molecule is O=C(N[C@@H]1CN(C(=O)c2ccc(F)cc2)CC[C@@H]1CO)c1cccnc1. The Labute approximate surface area is 150 Å². The topological polar surface area (TPSA) is 82.5 Å². The summed E-state index contributed by atoms with van der Waals surface area (Å²) in [6.45, 7) is 0.685. The van der Waals surface area contributed by atoms with Crippen LogP contribution in [0.15, 0.2) is 48.8 Å². The molecule has 2 amide bonds. The van der Waals surface area contributed by atoms with Gasteiger partial charge in [0, 0.05) is 43.6 Å². The number of hydrogen-bond acceptors (Lipinski definition) is 4. The Kier molecular flexibility index (Phi) is 5.58. The smallest absolute Gasteiger partial charge is 0.253 e. The van der Waals surface area contributed by atoms with Gasteiger partial charge in [-0.2, -0.15) is 0 Å². The first-order valence-corrected chi connectivity index (χ1v) is 8.45. The molecule has 1 aromatic heterocycles. The molecule has 7 heteroatoms. The van der Waals surface area contributed by atoms with Crippen LogP contribution in [0.25, 0.3) is 0 Å². The van der Waals surface area contributed by atoms with Crippen LogP contribution in [0, 0.1) is 11.7 Å². The minimum atomic E-state index is -0.401. The minimum Gasteiger partial charge on any atom is -0.396 e. The summed E-state index contributed by atoms with van der Waals surface area (Å²) in [7, 11) is 0. The molecule has 26 heavy (non-hydrogen) atoms.